The lowest BCUT2D eigenvalue weighted by Gasteiger charge is -2.04. The van der Waals surface area contributed by atoms with Gasteiger partial charge in [0.2, 0.25) is 0 Å². The highest BCUT2D eigenvalue weighted by molar-refractivity contribution is 9.10. The molecule has 3 rings (SSSR count). The van der Waals surface area contributed by atoms with Crippen LogP contribution in [0, 0.1) is 5.82 Å². The predicted octanol–water partition coefficient (Wildman–Crippen LogP) is 6.26. The van der Waals surface area contributed by atoms with E-state index in [0.29, 0.717) is 29.0 Å². The monoisotopic (exact) mass is 537 g/mol. The SMILES string of the molecule is CCOC(=O)Cn1nc(-c2ccc(F)cc2)c(Br)c1CCl.COc1ccc(CN=[N+]=[N-])cc1. The zero-order valence-corrected chi connectivity index (χ0v) is 20.4. The molecule has 0 aliphatic rings. The molecule has 1 aromatic heterocycles. The smallest absolute Gasteiger partial charge is 0.327 e. The first-order valence-corrected chi connectivity index (χ1v) is 11.1. The first kappa shape index (κ1) is 26.2. The Hall–Kier alpha value is -3.07. The van der Waals surface area contributed by atoms with Crippen molar-refractivity contribution in [2.45, 2.75) is 25.9 Å². The number of aromatic nitrogens is 2. The molecule has 174 valence electrons. The van der Waals surface area contributed by atoms with Crippen molar-refractivity contribution in [1.29, 1.82) is 0 Å². The van der Waals surface area contributed by atoms with Gasteiger partial charge in [0.1, 0.15) is 23.8 Å². The minimum Gasteiger partial charge on any atom is -0.497 e. The molecule has 0 aliphatic carbocycles. The second kappa shape index (κ2) is 13.5. The Morgan fingerprint density at radius 2 is 1.91 bits per heavy atom. The van der Waals surface area contributed by atoms with Crippen LogP contribution in [0.25, 0.3) is 21.7 Å². The number of carbonyl (C=O) groups excluding carboxylic acids is 1. The van der Waals surface area contributed by atoms with Gasteiger partial charge in [0.15, 0.2) is 0 Å². The molecule has 2 aromatic carbocycles. The summed E-state index contributed by atoms with van der Waals surface area (Å²) >= 11 is 9.35. The van der Waals surface area contributed by atoms with Crippen molar-refractivity contribution in [1.82, 2.24) is 9.78 Å². The summed E-state index contributed by atoms with van der Waals surface area (Å²) in [6.45, 7) is 2.42. The van der Waals surface area contributed by atoms with E-state index in [0.717, 1.165) is 16.9 Å². The first-order valence-electron chi connectivity index (χ1n) is 9.79. The van der Waals surface area contributed by atoms with Gasteiger partial charge in [-0.15, -0.1) is 11.6 Å². The van der Waals surface area contributed by atoms with Crippen LogP contribution in [0.2, 0.25) is 0 Å². The van der Waals surface area contributed by atoms with E-state index in [2.05, 4.69) is 31.1 Å². The van der Waals surface area contributed by atoms with Crippen LogP contribution in [0.5, 0.6) is 5.75 Å². The number of azide groups is 1. The Bertz CT molecular complexity index is 1100. The van der Waals surface area contributed by atoms with Crippen molar-refractivity contribution < 1.29 is 18.7 Å². The van der Waals surface area contributed by atoms with Gasteiger partial charge < -0.3 is 9.47 Å². The molecule has 33 heavy (non-hydrogen) atoms. The predicted molar refractivity (Wildman–Crippen MR) is 127 cm³/mol. The second-order valence-electron chi connectivity index (χ2n) is 6.45. The Morgan fingerprint density at radius 3 is 2.45 bits per heavy atom. The third-order valence-corrected chi connectivity index (χ3v) is 5.38. The molecule has 0 radical (unpaired) electrons. The summed E-state index contributed by atoms with van der Waals surface area (Å²) in [5.41, 5.74) is 11.1. The number of carbonyl (C=O) groups is 1. The molecule has 0 fully saturated rings. The highest BCUT2D eigenvalue weighted by Crippen LogP contribution is 2.31. The quantitative estimate of drug-likeness (QED) is 0.111. The molecule has 0 bridgehead atoms. The van der Waals surface area contributed by atoms with E-state index in [1.54, 1.807) is 26.2 Å². The molecule has 3 aromatic rings. The van der Waals surface area contributed by atoms with E-state index in [-0.39, 0.29) is 24.2 Å². The number of esters is 1. The summed E-state index contributed by atoms with van der Waals surface area (Å²) < 4.78 is 25.1. The number of halogens is 3. The van der Waals surface area contributed by atoms with Gasteiger partial charge in [0, 0.05) is 10.5 Å². The average Bonchev–Trinajstić information content (AvgIpc) is 3.13. The Labute approximate surface area is 204 Å². The van der Waals surface area contributed by atoms with Crippen LogP contribution in [-0.2, 0) is 28.5 Å². The highest BCUT2D eigenvalue weighted by Gasteiger charge is 2.18. The number of ether oxygens (including phenoxy) is 2. The number of hydrogen-bond acceptors (Lipinski definition) is 5. The maximum atomic E-state index is 13.0. The Kier molecular flexibility index (Phi) is 10.7. The van der Waals surface area contributed by atoms with Crippen molar-refractivity contribution in [3.63, 3.8) is 0 Å². The lowest BCUT2D eigenvalue weighted by molar-refractivity contribution is -0.144. The van der Waals surface area contributed by atoms with Crippen molar-refractivity contribution in [3.8, 4) is 17.0 Å². The standard InChI is InChI=1S/C14H13BrClFN2O2.C8H9N3O/c1-2-21-12(20)8-19-11(7-16)13(15)14(18-19)9-3-5-10(17)6-4-9;1-12-8-4-2-7(3-5-8)6-10-11-9/h3-6H,2,7-8H2,1H3;2-5H,6H2,1H3. The number of hydrogen-bond donors (Lipinski definition) is 0. The van der Waals surface area contributed by atoms with E-state index in [1.165, 1.54) is 16.8 Å². The largest absolute Gasteiger partial charge is 0.497 e. The van der Waals surface area contributed by atoms with Crippen LogP contribution in [0.3, 0.4) is 0 Å². The van der Waals surface area contributed by atoms with Crippen LogP contribution in [0.4, 0.5) is 4.39 Å². The molecule has 0 saturated heterocycles. The summed E-state index contributed by atoms with van der Waals surface area (Å²) in [6, 6.07) is 13.4. The molecule has 0 spiro atoms. The van der Waals surface area contributed by atoms with Crippen molar-refractivity contribution in [2.75, 3.05) is 13.7 Å². The summed E-state index contributed by atoms with van der Waals surface area (Å²) in [7, 11) is 1.61. The maximum Gasteiger partial charge on any atom is 0.327 e. The topological polar surface area (TPSA) is 102 Å². The van der Waals surface area contributed by atoms with Gasteiger partial charge in [-0.3, -0.25) is 9.48 Å². The van der Waals surface area contributed by atoms with Gasteiger partial charge in [-0.25, -0.2) is 4.39 Å². The van der Waals surface area contributed by atoms with Gasteiger partial charge in [0.05, 0.1) is 36.3 Å². The van der Waals surface area contributed by atoms with Crippen molar-refractivity contribution in [2.24, 2.45) is 5.11 Å². The van der Waals surface area contributed by atoms with E-state index in [9.17, 15) is 9.18 Å². The maximum absolute atomic E-state index is 13.0. The lowest BCUT2D eigenvalue weighted by Crippen LogP contribution is -2.16. The normalized spacial score (nSPS) is 9.97. The molecule has 0 unspecified atom stereocenters. The number of alkyl halides is 1. The molecule has 1 heterocycles. The zero-order chi connectivity index (χ0) is 24.2. The highest BCUT2D eigenvalue weighted by atomic mass is 79.9. The van der Waals surface area contributed by atoms with Gasteiger partial charge >= 0.3 is 5.97 Å². The van der Waals surface area contributed by atoms with Crippen LogP contribution in [0.15, 0.2) is 58.1 Å². The molecular formula is C22H22BrClFN5O3. The first-order chi connectivity index (χ1) is 15.9. The molecule has 0 atom stereocenters. The minimum atomic E-state index is -0.385. The van der Waals surface area contributed by atoms with Crippen LogP contribution in [0.1, 0.15) is 18.2 Å². The van der Waals surface area contributed by atoms with Gasteiger partial charge in [0.25, 0.3) is 0 Å². The van der Waals surface area contributed by atoms with Crippen LogP contribution >= 0.6 is 27.5 Å². The molecule has 8 nitrogen and oxygen atoms in total. The number of rotatable bonds is 8. The Balaban J connectivity index is 0.000000273. The van der Waals surface area contributed by atoms with Gasteiger partial charge in [-0.2, -0.15) is 5.10 Å². The fourth-order valence-corrected chi connectivity index (χ4v) is 3.78. The number of benzene rings is 2. The Morgan fingerprint density at radius 1 is 1.24 bits per heavy atom. The second-order valence-corrected chi connectivity index (χ2v) is 7.51. The number of methoxy groups -OCH3 is 1. The third-order valence-electron chi connectivity index (χ3n) is 4.30. The van der Waals surface area contributed by atoms with E-state index in [4.69, 9.17) is 26.6 Å². The van der Waals surface area contributed by atoms with E-state index < -0.39 is 0 Å². The third kappa shape index (κ3) is 7.78. The van der Waals surface area contributed by atoms with Crippen LogP contribution in [-0.4, -0.2) is 29.5 Å². The fraction of sp³-hybridized carbons (Fsp3) is 0.273. The summed E-state index contributed by atoms with van der Waals surface area (Å²) in [5.74, 6) is 0.288. The molecule has 0 N–H and O–H groups in total. The number of nitrogens with zero attached hydrogens (tertiary/aromatic N) is 5. The molecular weight excluding hydrogens is 517 g/mol. The van der Waals surface area contributed by atoms with E-state index >= 15 is 0 Å². The average molecular weight is 539 g/mol. The van der Waals surface area contributed by atoms with Crippen molar-refractivity contribution in [3.05, 3.63) is 80.5 Å². The van der Waals surface area contributed by atoms with Gasteiger partial charge in [-0.05, 0) is 70.3 Å². The molecule has 0 saturated carbocycles. The molecule has 11 heteroatoms. The van der Waals surface area contributed by atoms with Crippen molar-refractivity contribution >= 4 is 33.5 Å². The van der Waals surface area contributed by atoms with E-state index in [1.807, 2.05) is 24.3 Å². The molecule has 0 amide bonds. The summed E-state index contributed by atoms with van der Waals surface area (Å²) in [6.07, 6.45) is 0. The summed E-state index contributed by atoms with van der Waals surface area (Å²) in [5, 5.41) is 7.80. The summed E-state index contributed by atoms with van der Waals surface area (Å²) in [4.78, 5) is 14.3. The fourth-order valence-electron chi connectivity index (χ4n) is 2.70. The molecule has 0 aliphatic heterocycles. The minimum absolute atomic E-state index is 0.0182. The zero-order valence-electron chi connectivity index (χ0n) is 18.0. The van der Waals surface area contributed by atoms with Crippen LogP contribution < -0.4 is 4.74 Å². The van der Waals surface area contributed by atoms with Gasteiger partial charge in [-0.1, -0.05) is 17.2 Å². The lowest BCUT2D eigenvalue weighted by atomic mass is 10.1.